The molecule has 0 saturated carbocycles. The average molecular weight is 610 g/mol. The van der Waals surface area contributed by atoms with E-state index in [9.17, 15) is 28.8 Å². The van der Waals surface area contributed by atoms with Crippen LogP contribution in [-0.4, -0.2) is 50.4 Å². The molecule has 2 aliphatic heterocycles. The quantitative estimate of drug-likeness (QED) is 0.270. The Morgan fingerprint density at radius 2 is 0.935 bits per heavy atom. The van der Waals surface area contributed by atoms with Gasteiger partial charge >= 0.3 is 0 Å². The number of carbonyl (C=O) groups is 6. The van der Waals surface area contributed by atoms with Crippen molar-refractivity contribution in [3.63, 3.8) is 0 Å². The molecule has 0 spiro atoms. The van der Waals surface area contributed by atoms with E-state index in [0.29, 0.717) is 11.6 Å². The lowest BCUT2D eigenvalue weighted by Crippen LogP contribution is -2.33. The number of nitrogens with zero attached hydrogens (tertiary/aromatic N) is 5. The highest BCUT2D eigenvalue weighted by Gasteiger charge is 2.41. The van der Waals surface area contributed by atoms with Crippen molar-refractivity contribution in [1.29, 1.82) is 0 Å². The molecule has 0 unspecified atom stereocenters. The van der Waals surface area contributed by atoms with Crippen LogP contribution >= 0.6 is 0 Å². The maximum absolute atomic E-state index is 13.4. The number of benzene rings is 2. The predicted molar refractivity (Wildman–Crippen MR) is 164 cm³/mol. The van der Waals surface area contributed by atoms with E-state index >= 15 is 0 Å². The van der Waals surface area contributed by atoms with Gasteiger partial charge in [0.05, 0.1) is 22.3 Å². The van der Waals surface area contributed by atoms with Crippen LogP contribution in [0.15, 0.2) is 103 Å². The smallest absolute Gasteiger partial charge is 0.267 e. The standard InChI is InChI=1S/C33H19N7O6/c41-28(36-24-6-1-3-14-34-24)18-10-12-20-22(16-18)32(45)39(30(20)43)26-8-5-9-27(38-26)40-31(44)21-13-11-19(17-23(21)33(40)46)29(42)37-25-7-2-4-15-35-25/h1-17H,(H,34,36,41)(H,35,37,42). The first-order valence-electron chi connectivity index (χ1n) is 13.8. The Hall–Kier alpha value is -6.89. The van der Waals surface area contributed by atoms with Gasteiger partial charge in [-0.1, -0.05) is 18.2 Å². The highest BCUT2D eigenvalue weighted by atomic mass is 16.2. The molecular formula is C33H19N7O6. The van der Waals surface area contributed by atoms with Gasteiger partial charge in [0.25, 0.3) is 35.4 Å². The third kappa shape index (κ3) is 4.73. The number of rotatable bonds is 6. The molecule has 13 heteroatoms. The zero-order valence-electron chi connectivity index (χ0n) is 23.5. The normalized spacial score (nSPS) is 13.5. The molecule has 0 aliphatic carbocycles. The molecule has 222 valence electrons. The van der Waals surface area contributed by atoms with Gasteiger partial charge in [-0.05, 0) is 72.8 Å². The number of hydrogen-bond donors (Lipinski definition) is 2. The Labute approximate surface area is 259 Å². The molecule has 13 nitrogen and oxygen atoms in total. The van der Waals surface area contributed by atoms with Gasteiger partial charge in [0.15, 0.2) is 0 Å². The Morgan fingerprint density at radius 3 is 1.35 bits per heavy atom. The number of nitrogens with one attached hydrogen (secondary N) is 2. The molecule has 2 aromatic carbocycles. The van der Waals surface area contributed by atoms with Gasteiger partial charge in [0, 0.05) is 23.5 Å². The molecule has 5 aromatic rings. The third-order valence-corrected chi connectivity index (χ3v) is 7.29. The van der Waals surface area contributed by atoms with E-state index < -0.39 is 35.4 Å². The molecule has 0 atom stereocenters. The Morgan fingerprint density at radius 1 is 0.500 bits per heavy atom. The van der Waals surface area contributed by atoms with Crippen LogP contribution in [0.3, 0.4) is 0 Å². The van der Waals surface area contributed by atoms with E-state index in [0.717, 1.165) is 9.80 Å². The second-order valence-electron chi connectivity index (χ2n) is 10.1. The van der Waals surface area contributed by atoms with Crippen LogP contribution in [0.1, 0.15) is 62.1 Å². The van der Waals surface area contributed by atoms with Gasteiger partial charge in [-0.2, -0.15) is 0 Å². The van der Waals surface area contributed by atoms with Crippen LogP contribution in [0.5, 0.6) is 0 Å². The summed E-state index contributed by atoms with van der Waals surface area (Å²) in [6.07, 6.45) is 3.03. The van der Waals surface area contributed by atoms with Crippen LogP contribution in [0.2, 0.25) is 0 Å². The average Bonchev–Trinajstić information content (AvgIpc) is 3.48. The van der Waals surface area contributed by atoms with Crippen LogP contribution in [0.4, 0.5) is 23.3 Å². The molecule has 0 bridgehead atoms. The predicted octanol–water partition coefficient (Wildman–Crippen LogP) is 3.98. The number of imide groups is 2. The number of aromatic nitrogens is 3. The summed E-state index contributed by atoms with van der Waals surface area (Å²) in [6.45, 7) is 0. The summed E-state index contributed by atoms with van der Waals surface area (Å²) in [7, 11) is 0. The monoisotopic (exact) mass is 609 g/mol. The van der Waals surface area contributed by atoms with E-state index in [-0.39, 0.29) is 45.0 Å². The van der Waals surface area contributed by atoms with Crippen LogP contribution in [0, 0.1) is 0 Å². The zero-order valence-corrected chi connectivity index (χ0v) is 23.5. The highest BCUT2D eigenvalue weighted by molar-refractivity contribution is 6.36. The highest BCUT2D eigenvalue weighted by Crippen LogP contribution is 2.32. The fraction of sp³-hybridized carbons (Fsp3) is 0. The summed E-state index contributed by atoms with van der Waals surface area (Å²) in [5, 5.41) is 5.25. The minimum absolute atomic E-state index is 0.0110. The van der Waals surface area contributed by atoms with E-state index in [4.69, 9.17) is 0 Å². The van der Waals surface area contributed by atoms with Crippen LogP contribution in [0.25, 0.3) is 0 Å². The number of pyridine rings is 3. The third-order valence-electron chi connectivity index (χ3n) is 7.29. The summed E-state index contributed by atoms with van der Waals surface area (Å²) >= 11 is 0. The second-order valence-corrected chi connectivity index (χ2v) is 10.1. The first kappa shape index (κ1) is 27.9. The Balaban J connectivity index is 1.13. The molecule has 0 fully saturated rings. The van der Waals surface area contributed by atoms with E-state index in [2.05, 4.69) is 25.6 Å². The molecule has 5 heterocycles. The molecular weight excluding hydrogens is 590 g/mol. The summed E-state index contributed by atoms with van der Waals surface area (Å²) in [6, 6.07) is 22.4. The molecule has 46 heavy (non-hydrogen) atoms. The van der Waals surface area contributed by atoms with Crippen molar-refractivity contribution in [3.05, 3.63) is 137 Å². The molecule has 3 aromatic heterocycles. The first-order chi connectivity index (χ1) is 22.3. The maximum Gasteiger partial charge on any atom is 0.267 e. The number of hydrogen-bond acceptors (Lipinski definition) is 9. The summed E-state index contributed by atoms with van der Waals surface area (Å²) < 4.78 is 0. The molecule has 2 N–H and O–H groups in total. The van der Waals surface area contributed by atoms with Crippen molar-refractivity contribution < 1.29 is 28.8 Å². The zero-order chi connectivity index (χ0) is 31.9. The van der Waals surface area contributed by atoms with Crippen molar-refractivity contribution >= 4 is 58.7 Å². The van der Waals surface area contributed by atoms with Gasteiger partial charge in [-0.25, -0.2) is 24.8 Å². The lowest BCUT2D eigenvalue weighted by atomic mass is 10.1. The minimum Gasteiger partial charge on any atom is -0.307 e. The molecule has 2 aliphatic rings. The summed E-state index contributed by atoms with van der Waals surface area (Å²) in [5.41, 5.74) is 0.361. The topological polar surface area (TPSA) is 172 Å². The number of anilines is 4. The lowest BCUT2D eigenvalue weighted by molar-refractivity contribution is 0.0912. The number of carbonyl (C=O) groups excluding carboxylic acids is 6. The van der Waals surface area contributed by atoms with Crippen molar-refractivity contribution in [2.75, 3.05) is 20.4 Å². The Bertz CT molecular complexity index is 1990. The van der Waals surface area contributed by atoms with E-state index in [1.165, 1.54) is 67.0 Å². The van der Waals surface area contributed by atoms with Crippen molar-refractivity contribution in [2.24, 2.45) is 0 Å². The largest absolute Gasteiger partial charge is 0.307 e. The van der Waals surface area contributed by atoms with Gasteiger partial charge in [-0.3, -0.25) is 28.8 Å². The molecule has 7 rings (SSSR count). The number of fused-ring (bicyclic) bond motifs is 2. The van der Waals surface area contributed by atoms with Crippen molar-refractivity contribution in [1.82, 2.24) is 15.0 Å². The van der Waals surface area contributed by atoms with Crippen LogP contribution < -0.4 is 20.4 Å². The summed E-state index contributed by atoms with van der Waals surface area (Å²) in [4.78, 5) is 93.1. The molecule has 6 amide bonds. The minimum atomic E-state index is -0.733. The first-order valence-corrected chi connectivity index (χ1v) is 13.8. The fourth-order valence-corrected chi connectivity index (χ4v) is 5.09. The van der Waals surface area contributed by atoms with Gasteiger partial charge in [-0.15, -0.1) is 0 Å². The molecule has 0 radical (unpaired) electrons. The van der Waals surface area contributed by atoms with Gasteiger partial charge in [0.2, 0.25) is 0 Å². The van der Waals surface area contributed by atoms with Crippen LogP contribution in [-0.2, 0) is 0 Å². The van der Waals surface area contributed by atoms with Crippen molar-refractivity contribution in [3.8, 4) is 0 Å². The van der Waals surface area contributed by atoms with E-state index in [1.807, 2.05) is 0 Å². The van der Waals surface area contributed by atoms with Crippen molar-refractivity contribution in [2.45, 2.75) is 0 Å². The Kier molecular flexibility index (Phi) is 6.67. The molecule has 0 saturated heterocycles. The maximum atomic E-state index is 13.4. The number of amides is 6. The van der Waals surface area contributed by atoms with Gasteiger partial charge < -0.3 is 10.6 Å². The fourth-order valence-electron chi connectivity index (χ4n) is 5.09. The second kappa shape index (κ2) is 11.0. The SMILES string of the molecule is O=C(Nc1ccccn1)c1ccc2c(c1)C(=O)N(c1cccc(N3C(=O)c4ccc(C(=O)Nc5ccccn5)cc4C3=O)n1)C2=O. The lowest BCUT2D eigenvalue weighted by Gasteiger charge is -2.17. The summed E-state index contributed by atoms with van der Waals surface area (Å²) in [5.74, 6) is -3.52. The van der Waals surface area contributed by atoms with Gasteiger partial charge in [0.1, 0.15) is 23.3 Å². The van der Waals surface area contributed by atoms with E-state index in [1.54, 1.807) is 36.4 Å².